The quantitative estimate of drug-likeness (QED) is 0.813. The molecule has 0 saturated carbocycles. The van der Waals surface area contributed by atoms with Gasteiger partial charge in [-0.05, 0) is 24.3 Å². The maximum absolute atomic E-state index is 12.7. The number of aliphatic imine (C=N–C) groups is 1. The molecule has 0 unspecified atom stereocenters. The lowest BCUT2D eigenvalue weighted by Gasteiger charge is -2.32. The Labute approximate surface area is 129 Å². The van der Waals surface area contributed by atoms with Crippen molar-refractivity contribution in [3.8, 4) is 0 Å². The molecule has 0 bridgehead atoms. The van der Waals surface area contributed by atoms with Crippen molar-refractivity contribution >= 4 is 27.6 Å². The van der Waals surface area contributed by atoms with Crippen LogP contribution in [0.2, 0.25) is 5.02 Å². The van der Waals surface area contributed by atoms with E-state index in [2.05, 4.69) is 4.99 Å². The molecule has 0 spiro atoms. The average molecular weight is 330 g/mol. The zero-order valence-electron chi connectivity index (χ0n) is 11.4. The van der Waals surface area contributed by atoms with Gasteiger partial charge < -0.3 is 9.64 Å². The summed E-state index contributed by atoms with van der Waals surface area (Å²) in [5, 5.41) is 0.512. The highest BCUT2D eigenvalue weighted by Crippen LogP contribution is 2.22. The van der Waals surface area contributed by atoms with Crippen LogP contribution in [-0.4, -0.2) is 63.0 Å². The number of halogens is 1. The van der Waals surface area contributed by atoms with Crippen LogP contribution in [0.5, 0.6) is 0 Å². The highest BCUT2D eigenvalue weighted by atomic mass is 35.5. The fourth-order valence-electron chi connectivity index (χ4n) is 2.40. The van der Waals surface area contributed by atoms with Gasteiger partial charge in [0.05, 0.1) is 31.2 Å². The van der Waals surface area contributed by atoms with Gasteiger partial charge in [-0.3, -0.25) is 4.99 Å². The Bertz CT molecular complexity index is 639. The van der Waals surface area contributed by atoms with Crippen molar-refractivity contribution in [2.75, 3.05) is 39.4 Å². The van der Waals surface area contributed by atoms with E-state index in [-0.39, 0.29) is 4.90 Å². The van der Waals surface area contributed by atoms with E-state index in [9.17, 15) is 8.42 Å². The largest absolute Gasteiger partial charge is 0.378 e. The third kappa shape index (κ3) is 2.86. The van der Waals surface area contributed by atoms with Gasteiger partial charge in [0.15, 0.2) is 0 Å². The van der Waals surface area contributed by atoms with Gasteiger partial charge in [-0.2, -0.15) is 0 Å². The molecule has 0 amide bonds. The van der Waals surface area contributed by atoms with Gasteiger partial charge in [-0.1, -0.05) is 11.6 Å². The smallest absolute Gasteiger partial charge is 0.266 e. The topological polar surface area (TPSA) is 62.2 Å². The maximum atomic E-state index is 12.7. The van der Waals surface area contributed by atoms with Crippen LogP contribution < -0.4 is 0 Å². The Morgan fingerprint density at radius 1 is 1.10 bits per heavy atom. The molecule has 6 nitrogen and oxygen atoms in total. The Kier molecular flexibility index (Phi) is 4.05. The molecule has 0 N–H and O–H groups in total. The number of nitrogens with zero attached hydrogens (tertiary/aromatic N) is 3. The first-order chi connectivity index (χ1) is 10.1. The lowest BCUT2D eigenvalue weighted by molar-refractivity contribution is 0.0652. The van der Waals surface area contributed by atoms with Crippen LogP contribution in [0, 0.1) is 0 Å². The minimum Gasteiger partial charge on any atom is -0.378 e. The van der Waals surface area contributed by atoms with Crippen molar-refractivity contribution in [2.45, 2.75) is 4.90 Å². The number of ether oxygens (including phenoxy) is 1. The van der Waals surface area contributed by atoms with E-state index in [4.69, 9.17) is 16.3 Å². The number of benzene rings is 1. The molecule has 2 aliphatic rings. The highest BCUT2D eigenvalue weighted by molar-refractivity contribution is 7.89. The molecule has 1 fully saturated rings. The van der Waals surface area contributed by atoms with Crippen LogP contribution in [0.15, 0.2) is 34.2 Å². The summed E-state index contributed by atoms with van der Waals surface area (Å²) in [4.78, 5) is 6.55. The van der Waals surface area contributed by atoms with E-state index in [0.29, 0.717) is 50.4 Å². The van der Waals surface area contributed by atoms with Crippen molar-refractivity contribution in [1.82, 2.24) is 9.21 Å². The van der Waals surface area contributed by atoms with Crippen LogP contribution in [-0.2, 0) is 14.8 Å². The Morgan fingerprint density at radius 2 is 1.76 bits per heavy atom. The van der Waals surface area contributed by atoms with E-state index >= 15 is 0 Å². The lowest BCUT2D eigenvalue weighted by Crippen LogP contribution is -2.49. The second kappa shape index (κ2) is 5.82. The van der Waals surface area contributed by atoms with Crippen molar-refractivity contribution in [3.05, 3.63) is 29.3 Å². The molecule has 2 aliphatic heterocycles. The molecular formula is C13H16ClN3O3S. The SMILES string of the molecule is O=S(=O)(c1ccc(Cl)cc1)N1CCN=C1N1CCOCC1. The molecule has 0 radical (unpaired) electrons. The third-order valence-corrected chi connectivity index (χ3v) is 5.52. The van der Waals surface area contributed by atoms with Crippen LogP contribution in [0.25, 0.3) is 0 Å². The first kappa shape index (κ1) is 14.6. The fourth-order valence-corrected chi connectivity index (χ4v) is 3.97. The van der Waals surface area contributed by atoms with Gasteiger partial charge in [0.1, 0.15) is 0 Å². The first-order valence-electron chi connectivity index (χ1n) is 6.74. The van der Waals surface area contributed by atoms with Crippen LogP contribution in [0.3, 0.4) is 0 Å². The number of sulfonamides is 1. The fraction of sp³-hybridized carbons (Fsp3) is 0.462. The summed E-state index contributed by atoms with van der Waals surface area (Å²) in [5.41, 5.74) is 0. The number of hydrogen-bond acceptors (Lipinski definition) is 5. The second-order valence-electron chi connectivity index (χ2n) is 4.81. The predicted molar refractivity (Wildman–Crippen MR) is 80.0 cm³/mol. The predicted octanol–water partition coefficient (Wildman–Crippen LogP) is 1.03. The van der Waals surface area contributed by atoms with Crippen molar-refractivity contribution < 1.29 is 13.2 Å². The molecular weight excluding hydrogens is 314 g/mol. The van der Waals surface area contributed by atoms with E-state index in [1.807, 2.05) is 4.90 Å². The Hall–Kier alpha value is -1.31. The summed E-state index contributed by atoms with van der Waals surface area (Å²) >= 11 is 5.82. The molecule has 0 atom stereocenters. The monoisotopic (exact) mass is 329 g/mol. The summed E-state index contributed by atoms with van der Waals surface area (Å²) in [6.07, 6.45) is 0. The number of morpholine rings is 1. The zero-order chi connectivity index (χ0) is 14.9. The van der Waals surface area contributed by atoms with Crippen molar-refractivity contribution in [2.24, 2.45) is 4.99 Å². The van der Waals surface area contributed by atoms with Crippen LogP contribution >= 0.6 is 11.6 Å². The molecule has 8 heteroatoms. The van der Waals surface area contributed by atoms with Gasteiger partial charge in [-0.15, -0.1) is 0 Å². The van der Waals surface area contributed by atoms with Crippen molar-refractivity contribution in [3.63, 3.8) is 0 Å². The minimum absolute atomic E-state index is 0.231. The standard InChI is InChI=1S/C13H16ClN3O3S/c14-11-1-3-12(4-2-11)21(18,19)17-6-5-15-13(17)16-7-9-20-10-8-16/h1-4H,5-10H2. The first-order valence-corrected chi connectivity index (χ1v) is 8.56. The molecule has 1 aromatic rings. The summed E-state index contributed by atoms with van der Waals surface area (Å²) in [7, 11) is -3.59. The summed E-state index contributed by atoms with van der Waals surface area (Å²) < 4.78 is 32.2. The van der Waals surface area contributed by atoms with Gasteiger partial charge in [-0.25, -0.2) is 12.7 Å². The van der Waals surface area contributed by atoms with Gasteiger partial charge >= 0.3 is 0 Å². The van der Waals surface area contributed by atoms with E-state index in [0.717, 1.165) is 0 Å². The summed E-state index contributed by atoms with van der Waals surface area (Å²) in [6.45, 7) is 3.36. The Morgan fingerprint density at radius 3 is 2.43 bits per heavy atom. The molecule has 0 aromatic heterocycles. The third-order valence-electron chi connectivity index (χ3n) is 3.47. The molecule has 0 aliphatic carbocycles. The lowest BCUT2D eigenvalue weighted by atomic mass is 10.4. The van der Waals surface area contributed by atoms with Gasteiger partial charge in [0.25, 0.3) is 10.0 Å². The molecule has 1 saturated heterocycles. The van der Waals surface area contributed by atoms with Crippen LogP contribution in [0.4, 0.5) is 0 Å². The maximum Gasteiger partial charge on any atom is 0.266 e. The Balaban J connectivity index is 1.87. The van der Waals surface area contributed by atoms with Gasteiger partial charge in [0, 0.05) is 18.1 Å². The minimum atomic E-state index is -3.59. The molecule has 3 rings (SSSR count). The number of rotatable bonds is 2. The molecule has 2 heterocycles. The number of guanidine groups is 1. The van der Waals surface area contributed by atoms with Crippen molar-refractivity contribution in [1.29, 1.82) is 0 Å². The van der Waals surface area contributed by atoms with E-state index in [1.54, 1.807) is 12.1 Å². The molecule has 1 aromatic carbocycles. The van der Waals surface area contributed by atoms with Crippen LogP contribution in [0.1, 0.15) is 0 Å². The van der Waals surface area contributed by atoms with E-state index in [1.165, 1.54) is 16.4 Å². The molecule has 21 heavy (non-hydrogen) atoms. The summed E-state index contributed by atoms with van der Waals surface area (Å²) in [6, 6.07) is 6.20. The van der Waals surface area contributed by atoms with E-state index < -0.39 is 10.0 Å². The summed E-state index contributed by atoms with van der Waals surface area (Å²) in [5.74, 6) is 0.522. The van der Waals surface area contributed by atoms with Gasteiger partial charge in [0.2, 0.25) is 5.96 Å². The molecule has 114 valence electrons. The zero-order valence-corrected chi connectivity index (χ0v) is 13.0. The second-order valence-corrected chi connectivity index (χ2v) is 7.11. The highest BCUT2D eigenvalue weighted by Gasteiger charge is 2.34. The normalized spacial score (nSPS) is 19.8. The average Bonchev–Trinajstić information content (AvgIpc) is 2.99. The number of hydrogen-bond donors (Lipinski definition) is 0.